The Morgan fingerprint density at radius 1 is 1.47 bits per heavy atom. The number of nitrogens with one attached hydrogen (secondary N) is 1. The Balaban J connectivity index is 1.94. The average molecular weight is 212 g/mol. The summed E-state index contributed by atoms with van der Waals surface area (Å²) in [6.07, 6.45) is 4.16. The van der Waals surface area contributed by atoms with Gasteiger partial charge >= 0.3 is 0 Å². The summed E-state index contributed by atoms with van der Waals surface area (Å²) in [5.41, 5.74) is 0. The second kappa shape index (κ2) is 5.28. The first-order valence-corrected chi connectivity index (χ1v) is 6.40. The van der Waals surface area contributed by atoms with Gasteiger partial charge in [0.25, 0.3) is 0 Å². The lowest BCUT2D eigenvalue weighted by atomic mass is 10.1. The van der Waals surface area contributed by atoms with Crippen LogP contribution in [0.4, 0.5) is 0 Å². The number of rotatable bonds is 2. The summed E-state index contributed by atoms with van der Waals surface area (Å²) < 4.78 is 5.67. The molecular formula is C12H24N2O. The van der Waals surface area contributed by atoms with Crippen LogP contribution in [0.5, 0.6) is 0 Å². The Labute approximate surface area is 93.2 Å². The van der Waals surface area contributed by atoms with E-state index in [1.165, 1.54) is 38.9 Å². The van der Waals surface area contributed by atoms with E-state index in [4.69, 9.17) is 4.74 Å². The summed E-state index contributed by atoms with van der Waals surface area (Å²) in [5.74, 6) is 0. The van der Waals surface area contributed by atoms with Crippen LogP contribution in [0.25, 0.3) is 0 Å². The molecule has 0 aromatic carbocycles. The first kappa shape index (κ1) is 11.4. The van der Waals surface area contributed by atoms with E-state index in [1.807, 2.05) is 0 Å². The molecule has 2 rings (SSSR count). The minimum atomic E-state index is 0.431. The van der Waals surface area contributed by atoms with Gasteiger partial charge in [-0.05, 0) is 39.3 Å². The quantitative estimate of drug-likeness (QED) is 0.745. The van der Waals surface area contributed by atoms with Crippen molar-refractivity contribution in [2.45, 2.75) is 51.3 Å². The lowest BCUT2D eigenvalue weighted by Crippen LogP contribution is -2.45. The lowest BCUT2D eigenvalue weighted by Gasteiger charge is -2.31. The second-order valence-electron chi connectivity index (χ2n) is 4.84. The predicted octanol–water partition coefficient (Wildman–Crippen LogP) is 1.24. The molecular weight excluding hydrogens is 188 g/mol. The van der Waals surface area contributed by atoms with Crippen LogP contribution in [0, 0.1) is 0 Å². The van der Waals surface area contributed by atoms with Gasteiger partial charge < -0.3 is 10.1 Å². The largest absolute Gasteiger partial charge is 0.377 e. The standard InChI is InChI=1S/C12H24N2O/c1-3-11-9-14(7-4-6-13-11)12-5-8-15-10(12)2/h10-13H,3-9H2,1-2H3. The predicted molar refractivity (Wildman–Crippen MR) is 62.1 cm³/mol. The lowest BCUT2D eigenvalue weighted by molar-refractivity contribution is 0.0731. The van der Waals surface area contributed by atoms with Gasteiger partial charge in [-0.15, -0.1) is 0 Å². The molecule has 0 amide bonds. The smallest absolute Gasteiger partial charge is 0.0703 e. The molecule has 3 atom stereocenters. The van der Waals surface area contributed by atoms with Crippen LogP contribution in [0.3, 0.4) is 0 Å². The molecule has 0 aromatic rings. The molecule has 0 saturated carbocycles. The SMILES string of the molecule is CCC1CN(C2CCOC2C)CCCN1. The zero-order valence-electron chi connectivity index (χ0n) is 10.0. The highest BCUT2D eigenvalue weighted by Crippen LogP contribution is 2.21. The molecule has 2 heterocycles. The average Bonchev–Trinajstić information content (AvgIpc) is 2.54. The van der Waals surface area contributed by atoms with Crippen molar-refractivity contribution in [2.75, 3.05) is 26.2 Å². The molecule has 1 N–H and O–H groups in total. The van der Waals surface area contributed by atoms with Crippen LogP contribution >= 0.6 is 0 Å². The number of hydrogen-bond donors (Lipinski definition) is 1. The third-order valence-electron chi connectivity index (χ3n) is 3.81. The van der Waals surface area contributed by atoms with E-state index in [1.54, 1.807) is 0 Å². The third-order valence-corrected chi connectivity index (χ3v) is 3.81. The molecule has 0 aromatic heterocycles. The molecule has 0 spiro atoms. The van der Waals surface area contributed by atoms with Crippen LogP contribution in [-0.2, 0) is 4.74 Å². The van der Waals surface area contributed by atoms with E-state index >= 15 is 0 Å². The third kappa shape index (κ3) is 2.71. The molecule has 3 unspecified atom stereocenters. The molecule has 3 heteroatoms. The van der Waals surface area contributed by atoms with Crippen molar-refractivity contribution in [2.24, 2.45) is 0 Å². The van der Waals surface area contributed by atoms with E-state index in [9.17, 15) is 0 Å². The van der Waals surface area contributed by atoms with Crippen molar-refractivity contribution < 1.29 is 4.74 Å². The Hall–Kier alpha value is -0.120. The minimum Gasteiger partial charge on any atom is -0.377 e. The van der Waals surface area contributed by atoms with Gasteiger partial charge in [0.2, 0.25) is 0 Å². The highest BCUT2D eigenvalue weighted by Gasteiger charge is 2.31. The first-order valence-electron chi connectivity index (χ1n) is 6.40. The summed E-state index contributed by atoms with van der Waals surface area (Å²) in [7, 11) is 0. The van der Waals surface area contributed by atoms with Crippen molar-refractivity contribution in [1.29, 1.82) is 0 Å². The molecule has 0 radical (unpaired) electrons. The Morgan fingerprint density at radius 2 is 2.33 bits per heavy atom. The summed E-state index contributed by atoms with van der Waals surface area (Å²) >= 11 is 0. The fourth-order valence-corrected chi connectivity index (χ4v) is 2.80. The van der Waals surface area contributed by atoms with Gasteiger partial charge in [-0.3, -0.25) is 4.90 Å². The zero-order valence-corrected chi connectivity index (χ0v) is 10.0. The summed E-state index contributed by atoms with van der Waals surface area (Å²) in [6, 6.07) is 1.35. The van der Waals surface area contributed by atoms with Crippen LogP contribution in [0.1, 0.15) is 33.1 Å². The minimum absolute atomic E-state index is 0.431. The number of nitrogens with zero attached hydrogens (tertiary/aromatic N) is 1. The highest BCUT2D eigenvalue weighted by atomic mass is 16.5. The van der Waals surface area contributed by atoms with Crippen molar-refractivity contribution in [3.63, 3.8) is 0 Å². The summed E-state index contributed by atoms with van der Waals surface area (Å²) in [5, 5.41) is 3.62. The van der Waals surface area contributed by atoms with Gasteiger partial charge in [-0.25, -0.2) is 0 Å². The van der Waals surface area contributed by atoms with Crippen molar-refractivity contribution in [3.8, 4) is 0 Å². The number of ether oxygens (including phenoxy) is 1. The van der Waals surface area contributed by atoms with Gasteiger partial charge in [-0.1, -0.05) is 6.92 Å². The van der Waals surface area contributed by atoms with Gasteiger partial charge in [0.05, 0.1) is 6.10 Å². The van der Waals surface area contributed by atoms with Gasteiger partial charge in [0.15, 0.2) is 0 Å². The van der Waals surface area contributed by atoms with E-state index in [0.717, 1.165) is 6.61 Å². The fourth-order valence-electron chi connectivity index (χ4n) is 2.80. The molecule has 2 aliphatic heterocycles. The topological polar surface area (TPSA) is 24.5 Å². The summed E-state index contributed by atoms with van der Waals surface area (Å²) in [4.78, 5) is 2.64. The Bertz CT molecular complexity index is 198. The molecule has 88 valence electrons. The van der Waals surface area contributed by atoms with Gasteiger partial charge in [0, 0.05) is 25.2 Å². The van der Waals surface area contributed by atoms with E-state index in [0.29, 0.717) is 18.2 Å². The molecule has 15 heavy (non-hydrogen) atoms. The Kier molecular flexibility index (Phi) is 4.00. The Morgan fingerprint density at radius 3 is 3.00 bits per heavy atom. The molecule has 2 saturated heterocycles. The maximum atomic E-state index is 5.67. The fraction of sp³-hybridized carbons (Fsp3) is 1.00. The van der Waals surface area contributed by atoms with Crippen LogP contribution in [0.15, 0.2) is 0 Å². The second-order valence-corrected chi connectivity index (χ2v) is 4.84. The van der Waals surface area contributed by atoms with Crippen LogP contribution in [0.2, 0.25) is 0 Å². The molecule has 2 fully saturated rings. The van der Waals surface area contributed by atoms with Crippen molar-refractivity contribution in [3.05, 3.63) is 0 Å². The van der Waals surface area contributed by atoms with E-state index in [-0.39, 0.29) is 0 Å². The first-order chi connectivity index (χ1) is 7.31. The maximum Gasteiger partial charge on any atom is 0.0703 e. The van der Waals surface area contributed by atoms with Gasteiger partial charge in [-0.2, -0.15) is 0 Å². The maximum absolute atomic E-state index is 5.67. The van der Waals surface area contributed by atoms with E-state index < -0.39 is 0 Å². The molecule has 3 nitrogen and oxygen atoms in total. The van der Waals surface area contributed by atoms with Crippen LogP contribution in [-0.4, -0.2) is 49.3 Å². The van der Waals surface area contributed by atoms with Crippen molar-refractivity contribution in [1.82, 2.24) is 10.2 Å². The highest BCUT2D eigenvalue weighted by molar-refractivity contribution is 4.86. The normalized spacial score (nSPS) is 39.2. The molecule has 0 aliphatic carbocycles. The summed E-state index contributed by atoms with van der Waals surface area (Å²) in [6.45, 7) is 9.06. The number of hydrogen-bond acceptors (Lipinski definition) is 3. The van der Waals surface area contributed by atoms with Gasteiger partial charge in [0.1, 0.15) is 0 Å². The van der Waals surface area contributed by atoms with Crippen molar-refractivity contribution >= 4 is 0 Å². The molecule has 0 bridgehead atoms. The molecule has 2 aliphatic rings. The monoisotopic (exact) mass is 212 g/mol. The zero-order chi connectivity index (χ0) is 10.7. The van der Waals surface area contributed by atoms with Crippen LogP contribution < -0.4 is 5.32 Å². The van der Waals surface area contributed by atoms with E-state index in [2.05, 4.69) is 24.1 Å².